The van der Waals surface area contributed by atoms with Crippen LogP contribution in [0.25, 0.3) is 0 Å². The SMILES string of the molecule is N=C1CC(=N)CC(C(=O)O)C1. The molecule has 0 amide bonds. The van der Waals surface area contributed by atoms with Gasteiger partial charge in [-0.15, -0.1) is 0 Å². The van der Waals surface area contributed by atoms with Gasteiger partial charge in [-0.3, -0.25) is 4.79 Å². The van der Waals surface area contributed by atoms with Gasteiger partial charge in [-0.2, -0.15) is 0 Å². The van der Waals surface area contributed by atoms with Crippen molar-refractivity contribution in [2.24, 2.45) is 5.92 Å². The zero-order valence-corrected chi connectivity index (χ0v) is 6.05. The highest BCUT2D eigenvalue weighted by atomic mass is 16.4. The van der Waals surface area contributed by atoms with Gasteiger partial charge in [0, 0.05) is 17.8 Å². The molecule has 4 heteroatoms. The lowest BCUT2D eigenvalue weighted by Gasteiger charge is -2.19. The van der Waals surface area contributed by atoms with Gasteiger partial charge in [0.15, 0.2) is 0 Å². The van der Waals surface area contributed by atoms with Crippen LogP contribution in [-0.2, 0) is 4.79 Å². The van der Waals surface area contributed by atoms with Crippen molar-refractivity contribution in [3.05, 3.63) is 0 Å². The second kappa shape index (κ2) is 2.82. The van der Waals surface area contributed by atoms with E-state index in [1.54, 1.807) is 0 Å². The number of aliphatic carboxylic acids is 1. The predicted molar refractivity (Wildman–Crippen MR) is 40.4 cm³/mol. The van der Waals surface area contributed by atoms with Crippen LogP contribution in [0.1, 0.15) is 19.3 Å². The molecule has 0 heterocycles. The molecule has 0 aliphatic heterocycles. The summed E-state index contributed by atoms with van der Waals surface area (Å²) in [4.78, 5) is 10.5. The Hall–Kier alpha value is -1.19. The first-order chi connectivity index (χ1) is 5.09. The molecule has 60 valence electrons. The lowest BCUT2D eigenvalue weighted by Crippen LogP contribution is -2.27. The molecule has 0 aromatic heterocycles. The average Bonchev–Trinajstić information content (AvgIpc) is 1.85. The number of rotatable bonds is 1. The molecule has 1 fully saturated rings. The van der Waals surface area contributed by atoms with Crippen molar-refractivity contribution >= 4 is 17.4 Å². The molecule has 11 heavy (non-hydrogen) atoms. The van der Waals surface area contributed by atoms with Gasteiger partial charge in [0.25, 0.3) is 0 Å². The highest BCUT2D eigenvalue weighted by Gasteiger charge is 2.26. The molecule has 4 nitrogen and oxygen atoms in total. The van der Waals surface area contributed by atoms with Crippen molar-refractivity contribution in [3.63, 3.8) is 0 Å². The first-order valence-electron chi connectivity index (χ1n) is 3.45. The van der Waals surface area contributed by atoms with Crippen LogP contribution < -0.4 is 0 Å². The summed E-state index contributed by atoms with van der Waals surface area (Å²) in [5.41, 5.74) is 0.738. The third kappa shape index (κ3) is 1.86. The zero-order chi connectivity index (χ0) is 8.43. The standard InChI is InChI=1S/C7H10N2O2/c8-5-1-4(7(10)11)2-6(9)3-5/h4,8-9H,1-3H2,(H,10,11). The number of nitrogens with one attached hydrogen (secondary N) is 2. The van der Waals surface area contributed by atoms with E-state index in [1.807, 2.05) is 0 Å². The molecule has 0 atom stereocenters. The summed E-state index contributed by atoms with van der Waals surface area (Å²) in [5, 5.41) is 23.1. The van der Waals surface area contributed by atoms with Crippen LogP contribution in [0, 0.1) is 16.7 Å². The van der Waals surface area contributed by atoms with Gasteiger partial charge >= 0.3 is 5.97 Å². The second-order valence-electron chi connectivity index (χ2n) is 2.83. The van der Waals surface area contributed by atoms with Crippen LogP contribution in [-0.4, -0.2) is 22.5 Å². The molecular weight excluding hydrogens is 144 g/mol. The van der Waals surface area contributed by atoms with Crippen molar-refractivity contribution < 1.29 is 9.90 Å². The van der Waals surface area contributed by atoms with Gasteiger partial charge in [-0.1, -0.05) is 0 Å². The molecule has 0 unspecified atom stereocenters. The summed E-state index contributed by atoms with van der Waals surface area (Å²) in [6.45, 7) is 0. The van der Waals surface area contributed by atoms with Crippen LogP contribution in [0.3, 0.4) is 0 Å². The molecule has 1 saturated carbocycles. The van der Waals surface area contributed by atoms with Crippen LogP contribution >= 0.6 is 0 Å². The molecule has 0 aromatic rings. The first kappa shape index (κ1) is 7.91. The molecule has 0 bridgehead atoms. The number of carboxylic acid groups (broad SMARTS) is 1. The lowest BCUT2D eigenvalue weighted by atomic mass is 9.87. The fraction of sp³-hybridized carbons (Fsp3) is 0.571. The minimum absolute atomic E-state index is 0.317. The summed E-state index contributed by atoms with van der Waals surface area (Å²) in [6, 6.07) is 0. The number of carboxylic acids is 1. The number of carbonyl (C=O) groups is 1. The second-order valence-corrected chi connectivity index (χ2v) is 2.83. The molecule has 1 aliphatic rings. The van der Waals surface area contributed by atoms with Gasteiger partial charge in [0.05, 0.1) is 5.92 Å². The van der Waals surface area contributed by atoms with Gasteiger partial charge in [-0.05, 0) is 12.8 Å². The predicted octanol–water partition coefficient (Wildman–Crippen LogP) is 0.911. The van der Waals surface area contributed by atoms with E-state index in [9.17, 15) is 4.79 Å². The maximum absolute atomic E-state index is 10.5. The van der Waals surface area contributed by atoms with E-state index >= 15 is 0 Å². The van der Waals surface area contributed by atoms with Gasteiger partial charge in [-0.25, -0.2) is 0 Å². The highest BCUT2D eigenvalue weighted by molar-refractivity contribution is 6.06. The van der Waals surface area contributed by atoms with Crippen molar-refractivity contribution in [1.82, 2.24) is 0 Å². The Morgan fingerprint density at radius 1 is 1.36 bits per heavy atom. The fourth-order valence-electron chi connectivity index (χ4n) is 1.24. The molecule has 1 aliphatic carbocycles. The Morgan fingerprint density at radius 3 is 2.18 bits per heavy atom. The Bertz CT molecular complexity index is 206. The van der Waals surface area contributed by atoms with Crippen molar-refractivity contribution in [2.45, 2.75) is 19.3 Å². The van der Waals surface area contributed by atoms with Crippen LogP contribution in [0.5, 0.6) is 0 Å². The molecule has 0 saturated heterocycles. The lowest BCUT2D eigenvalue weighted by molar-refractivity contribution is -0.141. The summed E-state index contributed by atoms with van der Waals surface area (Å²) < 4.78 is 0. The fourth-order valence-corrected chi connectivity index (χ4v) is 1.24. The van der Waals surface area contributed by atoms with Crippen LogP contribution in [0.2, 0.25) is 0 Å². The van der Waals surface area contributed by atoms with E-state index in [-0.39, 0.29) is 0 Å². The summed E-state index contributed by atoms with van der Waals surface area (Å²) >= 11 is 0. The summed E-state index contributed by atoms with van der Waals surface area (Å²) in [6.07, 6.45) is 0.999. The largest absolute Gasteiger partial charge is 0.481 e. The van der Waals surface area contributed by atoms with Crippen molar-refractivity contribution in [2.75, 3.05) is 0 Å². The zero-order valence-electron chi connectivity index (χ0n) is 6.05. The minimum Gasteiger partial charge on any atom is -0.481 e. The van der Waals surface area contributed by atoms with E-state index in [0.717, 1.165) is 0 Å². The molecule has 0 spiro atoms. The first-order valence-corrected chi connectivity index (χ1v) is 3.45. The molecule has 1 rings (SSSR count). The monoisotopic (exact) mass is 154 g/mol. The normalized spacial score (nSPS) is 25.3. The van der Waals surface area contributed by atoms with Gasteiger partial charge in [0.1, 0.15) is 0 Å². The van der Waals surface area contributed by atoms with E-state index in [2.05, 4.69) is 0 Å². The van der Waals surface area contributed by atoms with E-state index < -0.39 is 11.9 Å². The van der Waals surface area contributed by atoms with Crippen LogP contribution in [0.15, 0.2) is 0 Å². The summed E-state index contributed by atoms with van der Waals surface area (Å²) in [7, 11) is 0. The summed E-state index contributed by atoms with van der Waals surface area (Å²) in [5.74, 6) is -1.41. The number of hydrogen-bond donors (Lipinski definition) is 3. The Morgan fingerprint density at radius 2 is 1.82 bits per heavy atom. The van der Waals surface area contributed by atoms with E-state index in [1.165, 1.54) is 0 Å². The molecule has 0 radical (unpaired) electrons. The average molecular weight is 154 g/mol. The highest BCUT2D eigenvalue weighted by Crippen LogP contribution is 2.18. The smallest absolute Gasteiger partial charge is 0.307 e. The van der Waals surface area contributed by atoms with Gasteiger partial charge < -0.3 is 15.9 Å². The third-order valence-corrected chi connectivity index (χ3v) is 1.76. The molecular formula is C7H10N2O2. The number of hydrogen-bond acceptors (Lipinski definition) is 3. The van der Waals surface area contributed by atoms with Crippen LogP contribution in [0.4, 0.5) is 0 Å². The molecule has 3 N–H and O–H groups in total. The topological polar surface area (TPSA) is 85.0 Å². The minimum atomic E-state index is -0.890. The maximum atomic E-state index is 10.5. The third-order valence-electron chi connectivity index (χ3n) is 1.76. The van der Waals surface area contributed by atoms with Crippen molar-refractivity contribution in [3.8, 4) is 0 Å². The quantitative estimate of drug-likeness (QED) is 0.524. The maximum Gasteiger partial charge on any atom is 0.307 e. The van der Waals surface area contributed by atoms with E-state index in [4.69, 9.17) is 15.9 Å². The van der Waals surface area contributed by atoms with E-state index in [0.29, 0.717) is 30.7 Å². The van der Waals surface area contributed by atoms with Gasteiger partial charge in [0.2, 0.25) is 0 Å². The Labute approximate surface area is 64.2 Å². The Kier molecular flexibility index (Phi) is 2.03. The van der Waals surface area contributed by atoms with Crippen molar-refractivity contribution in [1.29, 1.82) is 10.8 Å². The molecule has 0 aromatic carbocycles. The Balaban J connectivity index is 2.63.